The van der Waals surface area contributed by atoms with Gasteiger partial charge in [0.25, 0.3) is 0 Å². The minimum Gasteiger partial charge on any atom is -0.486 e. The summed E-state index contributed by atoms with van der Waals surface area (Å²) in [6.45, 7) is 0.283. The topological polar surface area (TPSA) is 59.4 Å². The van der Waals surface area contributed by atoms with Crippen molar-refractivity contribution in [1.29, 1.82) is 0 Å². The summed E-state index contributed by atoms with van der Waals surface area (Å²) in [7, 11) is 0. The Morgan fingerprint density at radius 2 is 1.89 bits per heavy atom. The van der Waals surface area contributed by atoms with Crippen LogP contribution in [-0.4, -0.2) is 16.1 Å². The van der Waals surface area contributed by atoms with Gasteiger partial charge in [-0.1, -0.05) is 28.1 Å². The summed E-state index contributed by atoms with van der Waals surface area (Å²) < 4.78 is 7.16. The van der Waals surface area contributed by atoms with Gasteiger partial charge in [0.15, 0.2) is 11.4 Å². The van der Waals surface area contributed by atoms with Crippen LogP contribution in [0.3, 0.4) is 0 Å². The molecule has 0 atom stereocenters. The smallest absolute Gasteiger partial charge is 0.358 e. The summed E-state index contributed by atoms with van der Waals surface area (Å²) in [5, 5.41) is 9.03. The number of nitrogens with zero attached hydrogens (tertiary/aromatic N) is 1. The second-order valence-corrected chi connectivity index (χ2v) is 5.55. The Bertz CT molecular complexity index is 599. The molecule has 1 aromatic heterocycles. The summed E-state index contributed by atoms with van der Waals surface area (Å²) in [6.07, 6.45) is 1.43. The Balaban J connectivity index is 2.16. The molecule has 0 aliphatic carbocycles. The Labute approximate surface area is 126 Å². The van der Waals surface area contributed by atoms with Crippen molar-refractivity contribution in [2.45, 2.75) is 6.61 Å². The third kappa shape index (κ3) is 3.78. The fourth-order valence-electron chi connectivity index (χ4n) is 1.43. The zero-order chi connectivity index (χ0) is 13.8. The average molecular weight is 387 g/mol. The van der Waals surface area contributed by atoms with Gasteiger partial charge in [0.1, 0.15) is 6.61 Å². The van der Waals surface area contributed by atoms with E-state index in [-0.39, 0.29) is 18.1 Å². The van der Waals surface area contributed by atoms with Crippen LogP contribution in [-0.2, 0) is 6.61 Å². The van der Waals surface area contributed by atoms with Crippen molar-refractivity contribution >= 4 is 37.8 Å². The van der Waals surface area contributed by atoms with Gasteiger partial charge in [-0.15, -0.1) is 0 Å². The molecule has 0 saturated heterocycles. The first-order valence-electron chi connectivity index (χ1n) is 5.32. The van der Waals surface area contributed by atoms with Crippen LogP contribution >= 0.6 is 31.9 Å². The van der Waals surface area contributed by atoms with Gasteiger partial charge in [-0.2, -0.15) is 0 Å². The predicted molar refractivity (Wildman–Crippen MR) is 77.4 cm³/mol. The third-order valence-corrected chi connectivity index (χ3v) is 3.29. The summed E-state index contributed by atoms with van der Waals surface area (Å²) in [4.78, 5) is 14.9. The third-order valence-electron chi connectivity index (χ3n) is 2.33. The molecule has 0 saturated carbocycles. The second kappa shape index (κ2) is 6.16. The van der Waals surface area contributed by atoms with E-state index in [1.165, 1.54) is 6.20 Å². The lowest BCUT2D eigenvalue weighted by atomic mass is 10.2. The van der Waals surface area contributed by atoms with Crippen LogP contribution in [0.2, 0.25) is 0 Å². The van der Waals surface area contributed by atoms with Gasteiger partial charge in [-0.3, -0.25) is 0 Å². The van der Waals surface area contributed by atoms with Crippen LogP contribution in [0.25, 0.3) is 0 Å². The fourth-order valence-corrected chi connectivity index (χ4v) is 2.01. The molecule has 0 bridgehead atoms. The molecule has 0 aliphatic rings. The van der Waals surface area contributed by atoms with Gasteiger partial charge in [-0.05, 0) is 39.7 Å². The zero-order valence-corrected chi connectivity index (χ0v) is 12.8. The van der Waals surface area contributed by atoms with Gasteiger partial charge in [0, 0.05) is 15.1 Å². The van der Waals surface area contributed by atoms with E-state index < -0.39 is 5.97 Å². The summed E-state index contributed by atoms with van der Waals surface area (Å²) in [5.41, 5.74) is 0.847. The number of hydrogen-bond donors (Lipinski definition) is 1. The quantitative estimate of drug-likeness (QED) is 0.865. The van der Waals surface area contributed by atoms with Crippen LogP contribution < -0.4 is 4.74 Å². The summed E-state index contributed by atoms with van der Waals surface area (Å²) >= 11 is 6.59. The maximum absolute atomic E-state index is 11.0. The number of carboxylic acid groups (broad SMARTS) is 1. The molecule has 1 heterocycles. The lowest BCUT2D eigenvalue weighted by Gasteiger charge is -2.09. The molecule has 0 aliphatic heterocycles. The van der Waals surface area contributed by atoms with Crippen LogP contribution in [0.4, 0.5) is 0 Å². The highest BCUT2D eigenvalue weighted by atomic mass is 79.9. The molecule has 2 rings (SSSR count). The number of ether oxygens (including phenoxy) is 1. The first kappa shape index (κ1) is 14.0. The minimum absolute atomic E-state index is 0.0969. The molecule has 6 heteroatoms. The van der Waals surface area contributed by atoms with E-state index >= 15 is 0 Å². The molecule has 19 heavy (non-hydrogen) atoms. The Kier molecular flexibility index (Phi) is 4.55. The van der Waals surface area contributed by atoms with E-state index in [0.717, 1.165) is 10.0 Å². The predicted octanol–water partition coefficient (Wildman–Crippen LogP) is 3.88. The molecular weight excluding hydrogens is 378 g/mol. The van der Waals surface area contributed by atoms with Crippen molar-refractivity contribution in [3.63, 3.8) is 0 Å². The highest BCUT2D eigenvalue weighted by molar-refractivity contribution is 9.10. The SMILES string of the molecule is O=C(O)c1ncc(Br)cc1OCc1ccc(Br)cc1. The van der Waals surface area contributed by atoms with Gasteiger partial charge in [-0.25, -0.2) is 9.78 Å². The summed E-state index contributed by atoms with van der Waals surface area (Å²) in [5.74, 6) is -0.872. The number of carbonyl (C=O) groups is 1. The number of carboxylic acids is 1. The van der Waals surface area contributed by atoms with Crippen LogP contribution in [0, 0.1) is 0 Å². The summed E-state index contributed by atoms with van der Waals surface area (Å²) in [6, 6.07) is 9.19. The maximum Gasteiger partial charge on any atom is 0.358 e. The van der Waals surface area contributed by atoms with E-state index in [2.05, 4.69) is 36.8 Å². The van der Waals surface area contributed by atoms with Crippen molar-refractivity contribution < 1.29 is 14.6 Å². The van der Waals surface area contributed by atoms with Gasteiger partial charge in [0.05, 0.1) is 0 Å². The largest absolute Gasteiger partial charge is 0.486 e. The lowest BCUT2D eigenvalue weighted by molar-refractivity contribution is 0.0684. The van der Waals surface area contributed by atoms with Crippen molar-refractivity contribution in [3.8, 4) is 5.75 Å². The van der Waals surface area contributed by atoms with E-state index in [1.807, 2.05) is 24.3 Å². The highest BCUT2D eigenvalue weighted by Gasteiger charge is 2.13. The molecule has 0 fully saturated rings. The number of benzene rings is 1. The Hall–Kier alpha value is -1.40. The molecule has 4 nitrogen and oxygen atoms in total. The first-order valence-corrected chi connectivity index (χ1v) is 6.91. The van der Waals surface area contributed by atoms with Crippen molar-refractivity contribution in [1.82, 2.24) is 4.98 Å². The van der Waals surface area contributed by atoms with Crippen LogP contribution in [0.15, 0.2) is 45.5 Å². The maximum atomic E-state index is 11.0. The first-order chi connectivity index (χ1) is 9.06. The molecule has 0 radical (unpaired) electrons. The number of aromatic carboxylic acids is 1. The number of hydrogen-bond acceptors (Lipinski definition) is 3. The minimum atomic E-state index is -1.11. The number of rotatable bonds is 4. The van der Waals surface area contributed by atoms with Crippen molar-refractivity contribution in [3.05, 3.63) is 56.7 Å². The van der Waals surface area contributed by atoms with E-state index in [4.69, 9.17) is 9.84 Å². The molecule has 0 spiro atoms. The molecule has 2 aromatic rings. The molecule has 98 valence electrons. The average Bonchev–Trinajstić information content (AvgIpc) is 2.38. The number of halogens is 2. The van der Waals surface area contributed by atoms with Gasteiger partial charge >= 0.3 is 5.97 Å². The van der Waals surface area contributed by atoms with Gasteiger partial charge < -0.3 is 9.84 Å². The Morgan fingerprint density at radius 1 is 1.21 bits per heavy atom. The van der Waals surface area contributed by atoms with Crippen LogP contribution in [0.5, 0.6) is 5.75 Å². The lowest BCUT2D eigenvalue weighted by Crippen LogP contribution is -2.05. The zero-order valence-electron chi connectivity index (χ0n) is 9.64. The van der Waals surface area contributed by atoms with E-state index in [0.29, 0.717) is 4.47 Å². The highest BCUT2D eigenvalue weighted by Crippen LogP contribution is 2.22. The van der Waals surface area contributed by atoms with Crippen molar-refractivity contribution in [2.24, 2.45) is 0 Å². The van der Waals surface area contributed by atoms with Gasteiger partial charge in [0.2, 0.25) is 0 Å². The normalized spacial score (nSPS) is 10.2. The van der Waals surface area contributed by atoms with E-state index in [1.54, 1.807) is 6.07 Å². The monoisotopic (exact) mass is 385 g/mol. The second-order valence-electron chi connectivity index (χ2n) is 3.72. The Morgan fingerprint density at radius 3 is 2.53 bits per heavy atom. The van der Waals surface area contributed by atoms with Crippen LogP contribution in [0.1, 0.15) is 16.1 Å². The number of aromatic nitrogens is 1. The molecular formula is C13H9Br2NO3. The molecule has 0 unspecified atom stereocenters. The molecule has 1 aromatic carbocycles. The number of pyridine rings is 1. The molecule has 0 amide bonds. The standard InChI is InChI=1S/C13H9Br2NO3/c14-9-3-1-8(2-4-9)7-19-11-5-10(15)6-16-12(11)13(17)18/h1-6H,7H2,(H,17,18). The fraction of sp³-hybridized carbons (Fsp3) is 0.0769. The van der Waals surface area contributed by atoms with Crippen molar-refractivity contribution in [2.75, 3.05) is 0 Å². The molecule has 1 N–H and O–H groups in total. The van der Waals surface area contributed by atoms with E-state index in [9.17, 15) is 4.79 Å².